The molecule has 0 aliphatic carbocycles. The molecule has 0 bridgehead atoms. The summed E-state index contributed by atoms with van der Waals surface area (Å²) in [6, 6.07) is 4.13. The molecule has 0 amide bonds. The number of ether oxygens (including phenoxy) is 1. The number of rotatable bonds is 5. The van der Waals surface area contributed by atoms with Gasteiger partial charge < -0.3 is 10.5 Å². The Morgan fingerprint density at radius 3 is 2.74 bits per heavy atom. The molecule has 19 heavy (non-hydrogen) atoms. The molecule has 0 fully saturated rings. The van der Waals surface area contributed by atoms with Crippen LogP contribution in [0.4, 0.5) is 5.69 Å². The van der Waals surface area contributed by atoms with Gasteiger partial charge in [-0.15, -0.1) is 0 Å². The van der Waals surface area contributed by atoms with Crippen LogP contribution in [0.25, 0.3) is 10.9 Å². The molecule has 104 valence electrons. The minimum atomic E-state index is -0.0155. The van der Waals surface area contributed by atoms with Gasteiger partial charge in [-0.25, -0.2) is 4.68 Å². The molecule has 1 heterocycles. The molecule has 2 aromatic rings. The standard InChI is InChI=1S/C15H23N3O/c1-5-6-7-13(19-4)18-12-9-8-10(2)15(16)14(12)11(3)17-18/h8-9,13H,5-7,16H2,1-4H3. The van der Waals surface area contributed by atoms with Gasteiger partial charge in [-0.3, -0.25) is 0 Å². The predicted molar refractivity (Wildman–Crippen MR) is 79.2 cm³/mol. The van der Waals surface area contributed by atoms with Gasteiger partial charge in [0.2, 0.25) is 0 Å². The zero-order valence-corrected chi connectivity index (χ0v) is 12.2. The Morgan fingerprint density at radius 1 is 1.37 bits per heavy atom. The van der Waals surface area contributed by atoms with Crippen LogP contribution in [-0.2, 0) is 4.74 Å². The molecule has 1 unspecified atom stereocenters. The van der Waals surface area contributed by atoms with Crippen LogP contribution in [-0.4, -0.2) is 16.9 Å². The maximum absolute atomic E-state index is 6.18. The average molecular weight is 261 g/mol. The van der Waals surface area contributed by atoms with E-state index < -0.39 is 0 Å². The minimum Gasteiger partial charge on any atom is -0.398 e. The van der Waals surface area contributed by atoms with E-state index in [9.17, 15) is 0 Å². The number of aryl methyl sites for hydroxylation is 2. The molecule has 1 aromatic carbocycles. The van der Waals surface area contributed by atoms with Crippen LogP contribution in [0, 0.1) is 13.8 Å². The quantitative estimate of drug-likeness (QED) is 0.837. The Bertz CT molecular complexity index is 574. The van der Waals surface area contributed by atoms with Crippen molar-refractivity contribution in [2.75, 3.05) is 12.8 Å². The van der Waals surface area contributed by atoms with Crippen LogP contribution in [0.3, 0.4) is 0 Å². The van der Waals surface area contributed by atoms with Crippen molar-refractivity contribution in [2.45, 2.75) is 46.3 Å². The summed E-state index contributed by atoms with van der Waals surface area (Å²) in [5, 5.41) is 5.68. The Morgan fingerprint density at radius 2 is 2.11 bits per heavy atom. The van der Waals surface area contributed by atoms with E-state index in [0.29, 0.717) is 0 Å². The van der Waals surface area contributed by atoms with Gasteiger partial charge in [0, 0.05) is 18.2 Å². The lowest BCUT2D eigenvalue weighted by Gasteiger charge is -2.16. The number of nitrogens with zero attached hydrogens (tertiary/aromatic N) is 2. The first kappa shape index (κ1) is 13.9. The molecule has 2 rings (SSSR count). The zero-order valence-electron chi connectivity index (χ0n) is 12.2. The SMILES string of the molecule is CCCCC(OC)n1nc(C)c2c(N)c(C)ccc21. The smallest absolute Gasteiger partial charge is 0.150 e. The number of aromatic nitrogens is 2. The van der Waals surface area contributed by atoms with Gasteiger partial charge in [0.15, 0.2) is 0 Å². The van der Waals surface area contributed by atoms with Crippen LogP contribution in [0.15, 0.2) is 12.1 Å². The highest BCUT2D eigenvalue weighted by atomic mass is 16.5. The second-order valence-electron chi connectivity index (χ2n) is 5.05. The lowest BCUT2D eigenvalue weighted by Crippen LogP contribution is -2.12. The van der Waals surface area contributed by atoms with E-state index in [-0.39, 0.29) is 6.23 Å². The lowest BCUT2D eigenvalue weighted by molar-refractivity contribution is 0.0286. The Labute approximate surface area is 114 Å². The molecule has 4 heteroatoms. The summed E-state index contributed by atoms with van der Waals surface area (Å²) in [6.45, 7) is 6.21. The van der Waals surface area contributed by atoms with E-state index in [0.717, 1.165) is 47.1 Å². The first-order valence-electron chi connectivity index (χ1n) is 6.86. The number of nitrogen functional groups attached to an aromatic ring is 1. The second kappa shape index (κ2) is 5.61. The molecule has 0 saturated carbocycles. The van der Waals surface area contributed by atoms with Gasteiger partial charge in [-0.1, -0.05) is 19.4 Å². The van der Waals surface area contributed by atoms with Crippen LogP contribution >= 0.6 is 0 Å². The number of unbranched alkanes of at least 4 members (excludes halogenated alkanes) is 1. The van der Waals surface area contributed by atoms with E-state index in [2.05, 4.69) is 18.1 Å². The van der Waals surface area contributed by atoms with Gasteiger partial charge in [0.05, 0.1) is 11.2 Å². The first-order chi connectivity index (χ1) is 9.10. The molecule has 2 N–H and O–H groups in total. The molecule has 1 aromatic heterocycles. The molecule has 0 aliphatic rings. The van der Waals surface area contributed by atoms with Gasteiger partial charge in [-0.2, -0.15) is 5.10 Å². The van der Waals surface area contributed by atoms with Crippen LogP contribution in [0.1, 0.15) is 43.7 Å². The first-order valence-corrected chi connectivity index (χ1v) is 6.86. The number of fused-ring (bicyclic) bond motifs is 1. The molecular weight excluding hydrogens is 238 g/mol. The predicted octanol–water partition coefficient (Wildman–Crippen LogP) is 3.57. The summed E-state index contributed by atoms with van der Waals surface area (Å²) in [5.41, 5.74) is 10.1. The van der Waals surface area contributed by atoms with Gasteiger partial charge >= 0.3 is 0 Å². The van der Waals surface area contributed by atoms with Crippen LogP contribution < -0.4 is 5.73 Å². The summed E-state index contributed by atoms with van der Waals surface area (Å²) < 4.78 is 7.56. The van der Waals surface area contributed by atoms with Crippen molar-refractivity contribution in [1.29, 1.82) is 0 Å². The van der Waals surface area contributed by atoms with E-state index in [1.807, 2.05) is 24.6 Å². The van der Waals surface area contributed by atoms with Gasteiger partial charge in [0.25, 0.3) is 0 Å². The van der Waals surface area contributed by atoms with Crippen molar-refractivity contribution in [3.8, 4) is 0 Å². The Balaban J connectivity index is 2.52. The zero-order chi connectivity index (χ0) is 14.0. The Kier molecular flexibility index (Phi) is 4.10. The maximum atomic E-state index is 6.18. The fourth-order valence-corrected chi connectivity index (χ4v) is 2.49. The molecule has 0 saturated heterocycles. The highest BCUT2D eigenvalue weighted by Gasteiger charge is 2.17. The number of hydrogen-bond acceptors (Lipinski definition) is 3. The van der Waals surface area contributed by atoms with Crippen molar-refractivity contribution >= 4 is 16.6 Å². The largest absolute Gasteiger partial charge is 0.398 e. The number of hydrogen-bond donors (Lipinski definition) is 1. The van der Waals surface area contributed by atoms with E-state index in [4.69, 9.17) is 10.5 Å². The number of anilines is 1. The monoisotopic (exact) mass is 261 g/mol. The fraction of sp³-hybridized carbons (Fsp3) is 0.533. The summed E-state index contributed by atoms with van der Waals surface area (Å²) in [6.07, 6.45) is 3.23. The van der Waals surface area contributed by atoms with Crippen molar-refractivity contribution in [3.05, 3.63) is 23.4 Å². The van der Waals surface area contributed by atoms with Crippen molar-refractivity contribution in [3.63, 3.8) is 0 Å². The average Bonchev–Trinajstić information content (AvgIpc) is 2.73. The maximum Gasteiger partial charge on any atom is 0.150 e. The third kappa shape index (κ3) is 2.45. The molecule has 0 aliphatic heterocycles. The normalized spacial score (nSPS) is 13.1. The third-order valence-corrected chi connectivity index (χ3v) is 3.66. The molecule has 1 atom stereocenters. The third-order valence-electron chi connectivity index (χ3n) is 3.66. The number of nitrogens with two attached hydrogens (primary N) is 1. The van der Waals surface area contributed by atoms with Crippen molar-refractivity contribution in [1.82, 2.24) is 9.78 Å². The minimum absolute atomic E-state index is 0.0155. The number of methoxy groups -OCH3 is 1. The van der Waals surface area contributed by atoms with Crippen LogP contribution in [0.5, 0.6) is 0 Å². The Hall–Kier alpha value is -1.55. The number of benzene rings is 1. The highest BCUT2D eigenvalue weighted by Crippen LogP contribution is 2.30. The summed E-state index contributed by atoms with van der Waals surface area (Å²) in [5.74, 6) is 0. The summed E-state index contributed by atoms with van der Waals surface area (Å²) in [7, 11) is 1.74. The fourth-order valence-electron chi connectivity index (χ4n) is 2.49. The highest BCUT2D eigenvalue weighted by molar-refractivity contribution is 5.94. The van der Waals surface area contributed by atoms with Crippen molar-refractivity contribution < 1.29 is 4.74 Å². The van der Waals surface area contributed by atoms with E-state index >= 15 is 0 Å². The second-order valence-corrected chi connectivity index (χ2v) is 5.05. The molecule has 0 radical (unpaired) electrons. The van der Waals surface area contributed by atoms with E-state index in [1.54, 1.807) is 7.11 Å². The summed E-state index contributed by atoms with van der Waals surface area (Å²) in [4.78, 5) is 0. The molecule has 0 spiro atoms. The lowest BCUT2D eigenvalue weighted by atomic mass is 10.1. The van der Waals surface area contributed by atoms with Gasteiger partial charge in [-0.05, 0) is 38.3 Å². The van der Waals surface area contributed by atoms with Crippen LogP contribution in [0.2, 0.25) is 0 Å². The molecular formula is C15H23N3O. The topological polar surface area (TPSA) is 53.1 Å². The van der Waals surface area contributed by atoms with Crippen molar-refractivity contribution in [2.24, 2.45) is 0 Å². The molecule has 4 nitrogen and oxygen atoms in total. The van der Waals surface area contributed by atoms with Gasteiger partial charge in [0.1, 0.15) is 6.23 Å². The van der Waals surface area contributed by atoms with E-state index in [1.165, 1.54) is 0 Å². The summed E-state index contributed by atoms with van der Waals surface area (Å²) >= 11 is 0.